The van der Waals surface area contributed by atoms with Crippen molar-refractivity contribution in [3.8, 4) is 5.69 Å². The summed E-state index contributed by atoms with van der Waals surface area (Å²) in [5.41, 5.74) is 2.86. The molecule has 1 aliphatic rings. The van der Waals surface area contributed by atoms with Gasteiger partial charge in [0.15, 0.2) is 21.2 Å². The van der Waals surface area contributed by atoms with Crippen molar-refractivity contribution in [3.05, 3.63) is 58.6 Å². The number of benzene rings is 1. The molecule has 29 heavy (non-hydrogen) atoms. The fourth-order valence-corrected chi connectivity index (χ4v) is 4.84. The number of piperazine rings is 1. The molecular weight excluding hydrogens is 454 g/mol. The fourth-order valence-electron chi connectivity index (χ4n) is 3.49. The minimum Gasteiger partial charge on any atom is -0.444 e. The normalized spacial score (nSPS) is 14.7. The predicted molar refractivity (Wildman–Crippen MR) is 116 cm³/mol. The SMILES string of the molecule is Cc1nn(-c2ccccc2)c2nc(N3CCN(C(=O)c4ccc(Br)o4)CC3)sc12. The lowest BCUT2D eigenvalue weighted by atomic mass is 10.3. The van der Waals surface area contributed by atoms with Crippen molar-refractivity contribution in [2.75, 3.05) is 31.1 Å². The minimum absolute atomic E-state index is 0.0739. The van der Waals surface area contributed by atoms with Gasteiger partial charge < -0.3 is 14.2 Å². The molecular formula is C20H18BrN5O2S. The molecule has 1 aliphatic heterocycles. The Morgan fingerprint density at radius 3 is 2.55 bits per heavy atom. The summed E-state index contributed by atoms with van der Waals surface area (Å²) in [6, 6.07) is 13.5. The van der Waals surface area contributed by atoms with Crippen LogP contribution in [0.3, 0.4) is 0 Å². The van der Waals surface area contributed by atoms with Gasteiger partial charge >= 0.3 is 0 Å². The highest BCUT2D eigenvalue weighted by Gasteiger charge is 2.26. The van der Waals surface area contributed by atoms with E-state index < -0.39 is 0 Å². The molecule has 1 aromatic carbocycles. The molecule has 1 amide bonds. The van der Waals surface area contributed by atoms with E-state index in [1.54, 1.807) is 23.5 Å². The molecule has 0 bridgehead atoms. The molecule has 9 heteroatoms. The first-order valence-electron chi connectivity index (χ1n) is 9.31. The zero-order chi connectivity index (χ0) is 20.0. The number of hydrogen-bond acceptors (Lipinski definition) is 6. The Hall–Kier alpha value is -2.65. The maximum Gasteiger partial charge on any atom is 0.289 e. The molecule has 0 spiro atoms. The first kappa shape index (κ1) is 18.4. The highest BCUT2D eigenvalue weighted by molar-refractivity contribution is 9.10. The average Bonchev–Trinajstić information content (AvgIpc) is 3.45. The van der Waals surface area contributed by atoms with Crippen LogP contribution in [0, 0.1) is 6.92 Å². The number of para-hydroxylation sites is 1. The molecule has 0 aliphatic carbocycles. The second-order valence-corrected chi connectivity index (χ2v) is 8.62. The van der Waals surface area contributed by atoms with Gasteiger partial charge in [-0.1, -0.05) is 29.5 Å². The summed E-state index contributed by atoms with van der Waals surface area (Å²) in [5.74, 6) is 0.291. The second-order valence-electron chi connectivity index (χ2n) is 6.86. The summed E-state index contributed by atoms with van der Waals surface area (Å²) in [6.07, 6.45) is 0. The third-order valence-corrected chi connectivity index (χ3v) is 6.64. The molecule has 0 atom stereocenters. The van der Waals surface area contributed by atoms with Crippen molar-refractivity contribution in [2.45, 2.75) is 6.92 Å². The molecule has 0 unspecified atom stereocenters. The number of nitrogens with zero attached hydrogens (tertiary/aromatic N) is 5. The van der Waals surface area contributed by atoms with Crippen molar-refractivity contribution < 1.29 is 9.21 Å². The summed E-state index contributed by atoms with van der Waals surface area (Å²) < 4.78 is 8.97. The maximum atomic E-state index is 12.6. The van der Waals surface area contributed by atoms with Crippen LogP contribution < -0.4 is 4.90 Å². The van der Waals surface area contributed by atoms with Gasteiger partial charge in [-0.05, 0) is 47.1 Å². The van der Waals surface area contributed by atoms with Crippen molar-refractivity contribution in [2.24, 2.45) is 0 Å². The van der Waals surface area contributed by atoms with E-state index in [0.29, 0.717) is 23.5 Å². The largest absolute Gasteiger partial charge is 0.444 e. The fraction of sp³-hybridized carbons (Fsp3) is 0.250. The number of aryl methyl sites for hydroxylation is 1. The second kappa shape index (κ2) is 7.31. The molecule has 4 aromatic rings. The number of fused-ring (bicyclic) bond motifs is 1. The highest BCUT2D eigenvalue weighted by Crippen LogP contribution is 2.33. The first-order valence-corrected chi connectivity index (χ1v) is 10.9. The number of thiazole rings is 1. The van der Waals surface area contributed by atoms with Crippen LogP contribution in [0.15, 0.2) is 51.6 Å². The van der Waals surface area contributed by atoms with Gasteiger partial charge in [-0.2, -0.15) is 10.1 Å². The Bertz CT molecular complexity index is 1170. The van der Waals surface area contributed by atoms with Crippen molar-refractivity contribution in [1.82, 2.24) is 19.7 Å². The lowest BCUT2D eigenvalue weighted by molar-refractivity contribution is 0.0713. The third kappa shape index (κ3) is 3.34. The minimum atomic E-state index is -0.0739. The Morgan fingerprint density at radius 2 is 1.86 bits per heavy atom. The first-order chi connectivity index (χ1) is 14.1. The monoisotopic (exact) mass is 471 g/mol. The number of aromatic nitrogens is 3. The Balaban J connectivity index is 1.35. The van der Waals surface area contributed by atoms with E-state index in [1.807, 2.05) is 46.8 Å². The van der Waals surface area contributed by atoms with Crippen molar-refractivity contribution in [3.63, 3.8) is 0 Å². The zero-order valence-corrected chi connectivity index (χ0v) is 18.1. The molecule has 5 rings (SSSR count). The third-order valence-electron chi connectivity index (χ3n) is 5.00. The van der Waals surface area contributed by atoms with E-state index in [9.17, 15) is 4.79 Å². The Labute approximate surface area is 179 Å². The van der Waals surface area contributed by atoms with E-state index in [1.165, 1.54) is 0 Å². The smallest absolute Gasteiger partial charge is 0.289 e. The van der Waals surface area contributed by atoms with Crippen LogP contribution >= 0.6 is 27.3 Å². The molecule has 0 saturated carbocycles. The van der Waals surface area contributed by atoms with Crippen LogP contribution in [-0.4, -0.2) is 51.8 Å². The van der Waals surface area contributed by atoms with Crippen molar-refractivity contribution >= 4 is 48.7 Å². The number of rotatable bonds is 3. The Morgan fingerprint density at radius 1 is 1.10 bits per heavy atom. The van der Waals surface area contributed by atoms with Gasteiger partial charge in [0.05, 0.1) is 16.1 Å². The van der Waals surface area contributed by atoms with Gasteiger partial charge in [0.2, 0.25) is 0 Å². The zero-order valence-electron chi connectivity index (χ0n) is 15.7. The quantitative estimate of drug-likeness (QED) is 0.449. The van der Waals surface area contributed by atoms with Crippen LogP contribution in [0.4, 0.5) is 5.13 Å². The molecule has 0 N–H and O–H groups in total. The van der Waals surface area contributed by atoms with Gasteiger partial charge in [0.1, 0.15) is 0 Å². The summed E-state index contributed by atoms with van der Waals surface area (Å²) in [7, 11) is 0. The van der Waals surface area contributed by atoms with Crippen LogP contribution in [0.2, 0.25) is 0 Å². The topological polar surface area (TPSA) is 67.4 Å². The van der Waals surface area contributed by atoms with Crippen LogP contribution in [0.5, 0.6) is 0 Å². The highest BCUT2D eigenvalue weighted by atomic mass is 79.9. The van der Waals surface area contributed by atoms with Gasteiger partial charge in [-0.3, -0.25) is 4.79 Å². The molecule has 1 saturated heterocycles. The molecule has 0 radical (unpaired) electrons. The summed E-state index contributed by atoms with van der Waals surface area (Å²) in [6.45, 7) is 4.76. The van der Waals surface area contributed by atoms with Crippen LogP contribution in [0.25, 0.3) is 16.0 Å². The molecule has 7 nitrogen and oxygen atoms in total. The van der Waals surface area contributed by atoms with Crippen LogP contribution in [0.1, 0.15) is 16.2 Å². The number of furan rings is 1. The standard InChI is InChI=1S/C20H18BrN5O2S/c1-13-17-18(26(23-13)14-5-3-2-4-6-14)22-20(29-17)25-11-9-24(10-12-25)19(27)15-7-8-16(21)28-15/h2-8H,9-12H2,1H3. The van der Waals surface area contributed by atoms with Gasteiger partial charge in [0.25, 0.3) is 5.91 Å². The maximum absolute atomic E-state index is 12.6. The number of amides is 1. The summed E-state index contributed by atoms with van der Waals surface area (Å²) in [4.78, 5) is 21.5. The summed E-state index contributed by atoms with van der Waals surface area (Å²) in [5, 5.41) is 5.63. The molecule has 4 heterocycles. The van der Waals surface area contributed by atoms with E-state index in [2.05, 4.69) is 25.9 Å². The average molecular weight is 472 g/mol. The number of halogens is 1. The number of hydrogen-bond donors (Lipinski definition) is 0. The molecule has 1 fully saturated rings. The number of carbonyl (C=O) groups excluding carboxylic acids is 1. The number of carbonyl (C=O) groups is 1. The summed E-state index contributed by atoms with van der Waals surface area (Å²) >= 11 is 4.90. The van der Waals surface area contributed by atoms with Gasteiger partial charge in [0, 0.05) is 26.2 Å². The van der Waals surface area contributed by atoms with E-state index in [0.717, 1.165) is 39.9 Å². The van der Waals surface area contributed by atoms with Crippen LogP contribution in [-0.2, 0) is 0 Å². The predicted octanol–water partition coefficient (Wildman–Crippen LogP) is 4.11. The van der Waals surface area contributed by atoms with Gasteiger partial charge in [-0.15, -0.1) is 0 Å². The van der Waals surface area contributed by atoms with E-state index in [-0.39, 0.29) is 5.91 Å². The molecule has 148 valence electrons. The number of anilines is 1. The Kier molecular flexibility index (Phi) is 4.63. The van der Waals surface area contributed by atoms with E-state index >= 15 is 0 Å². The lowest BCUT2D eigenvalue weighted by Gasteiger charge is -2.34. The van der Waals surface area contributed by atoms with E-state index in [4.69, 9.17) is 9.40 Å². The van der Waals surface area contributed by atoms with Gasteiger partial charge in [-0.25, -0.2) is 4.68 Å². The van der Waals surface area contributed by atoms with Crippen molar-refractivity contribution in [1.29, 1.82) is 0 Å². The lowest BCUT2D eigenvalue weighted by Crippen LogP contribution is -2.48. The molecule has 3 aromatic heterocycles.